The van der Waals surface area contributed by atoms with E-state index in [0.717, 1.165) is 25.1 Å². The second kappa shape index (κ2) is 3.82. The molecule has 2 aliphatic carbocycles. The smallest absolute Gasteiger partial charge is 0.319 e. The first-order chi connectivity index (χ1) is 8.28. The highest BCUT2D eigenvalue weighted by Gasteiger charge is 2.51. The molecule has 0 spiro atoms. The highest BCUT2D eigenvalue weighted by atomic mass is 16.5. The lowest BCUT2D eigenvalue weighted by molar-refractivity contribution is -0.154. The molecule has 0 bridgehead atoms. The first-order valence-corrected chi connectivity index (χ1v) is 6.35. The monoisotopic (exact) mass is 235 g/mol. The van der Waals surface area contributed by atoms with Gasteiger partial charge in [-0.05, 0) is 32.6 Å². The standard InChI is InChI=1S/C12H17N3O2/c1-2-17-11(16)12(6-3-7-12)10-14-13-8-15(10)9-4-5-9/h8-9H,2-7H2,1H3. The molecular formula is C12H17N3O2. The number of aromatic nitrogens is 3. The fourth-order valence-corrected chi connectivity index (χ4v) is 2.52. The lowest BCUT2D eigenvalue weighted by atomic mass is 9.68. The van der Waals surface area contributed by atoms with Crippen molar-refractivity contribution >= 4 is 5.97 Å². The Morgan fingerprint density at radius 1 is 1.59 bits per heavy atom. The van der Waals surface area contributed by atoms with Crippen LogP contribution in [0.4, 0.5) is 0 Å². The van der Waals surface area contributed by atoms with Crippen LogP contribution in [0.5, 0.6) is 0 Å². The van der Waals surface area contributed by atoms with E-state index in [9.17, 15) is 4.79 Å². The largest absolute Gasteiger partial charge is 0.465 e. The van der Waals surface area contributed by atoms with Gasteiger partial charge >= 0.3 is 5.97 Å². The third-order valence-corrected chi connectivity index (χ3v) is 3.81. The van der Waals surface area contributed by atoms with Gasteiger partial charge in [0, 0.05) is 6.04 Å². The third-order valence-electron chi connectivity index (χ3n) is 3.81. The second-order valence-corrected chi connectivity index (χ2v) is 4.95. The van der Waals surface area contributed by atoms with Crippen LogP contribution in [0.25, 0.3) is 0 Å². The molecule has 0 aromatic carbocycles. The molecule has 3 rings (SSSR count). The number of ether oxygens (including phenoxy) is 1. The summed E-state index contributed by atoms with van der Waals surface area (Å²) in [6.45, 7) is 2.27. The Bertz CT molecular complexity index is 433. The Morgan fingerprint density at radius 3 is 2.88 bits per heavy atom. The van der Waals surface area contributed by atoms with Crippen LogP contribution in [0, 0.1) is 0 Å². The first-order valence-electron chi connectivity index (χ1n) is 6.35. The Balaban J connectivity index is 1.93. The van der Waals surface area contributed by atoms with Crippen molar-refractivity contribution in [1.29, 1.82) is 0 Å². The third kappa shape index (κ3) is 1.56. The lowest BCUT2D eigenvalue weighted by Gasteiger charge is -2.38. The van der Waals surface area contributed by atoms with Gasteiger partial charge in [0.25, 0.3) is 0 Å². The molecule has 17 heavy (non-hydrogen) atoms. The van der Waals surface area contributed by atoms with Crippen molar-refractivity contribution in [3.63, 3.8) is 0 Å². The molecule has 1 heterocycles. The van der Waals surface area contributed by atoms with Crippen molar-refractivity contribution in [2.45, 2.75) is 50.5 Å². The SMILES string of the molecule is CCOC(=O)C1(c2nncn2C2CC2)CCC1. The van der Waals surface area contributed by atoms with E-state index in [-0.39, 0.29) is 5.97 Å². The molecule has 0 radical (unpaired) electrons. The highest BCUT2D eigenvalue weighted by molar-refractivity contribution is 5.83. The molecule has 1 aromatic heterocycles. The van der Waals surface area contributed by atoms with Gasteiger partial charge in [-0.2, -0.15) is 0 Å². The fourth-order valence-electron chi connectivity index (χ4n) is 2.52. The van der Waals surface area contributed by atoms with Gasteiger partial charge in [0.05, 0.1) is 6.61 Å². The minimum Gasteiger partial charge on any atom is -0.465 e. The predicted molar refractivity (Wildman–Crippen MR) is 60.5 cm³/mol. The summed E-state index contributed by atoms with van der Waals surface area (Å²) in [5.41, 5.74) is -0.505. The average Bonchev–Trinajstić information content (AvgIpc) is 2.98. The Labute approximate surface area is 100 Å². The number of rotatable bonds is 4. The maximum absolute atomic E-state index is 12.1. The number of carbonyl (C=O) groups excluding carboxylic acids is 1. The summed E-state index contributed by atoms with van der Waals surface area (Å²) in [4.78, 5) is 12.1. The molecule has 5 nitrogen and oxygen atoms in total. The van der Waals surface area contributed by atoms with Gasteiger partial charge in [-0.1, -0.05) is 6.42 Å². The topological polar surface area (TPSA) is 57.0 Å². The Morgan fingerprint density at radius 2 is 2.35 bits per heavy atom. The van der Waals surface area contributed by atoms with Gasteiger partial charge in [-0.3, -0.25) is 4.79 Å². The van der Waals surface area contributed by atoms with Gasteiger partial charge in [-0.25, -0.2) is 0 Å². The molecule has 1 aromatic rings. The van der Waals surface area contributed by atoms with E-state index < -0.39 is 5.41 Å². The molecule has 0 aliphatic heterocycles. The van der Waals surface area contributed by atoms with E-state index in [1.54, 1.807) is 6.33 Å². The number of hydrogen-bond acceptors (Lipinski definition) is 4. The second-order valence-electron chi connectivity index (χ2n) is 4.95. The van der Waals surface area contributed by atoms with E-state index >= 15 is 0 Å². The predicted octanol–water partition coefficient (Wildman–Crippen LogP) is 1.60. The molecule has 0 atom stereocenters. The molecule has 2 fully saturated rings. The summed E-state index contributed by atoms with van der Waals surface area (Å²) in [6, 6.07) is 0.506. The van der Waals surface area contributed by atoms with Gasteiger partial charge in [0.15, 0.2) is 5.82 Å². The summed E-state index contributed by atoms with van der Waals surface area (Å²) in [6.07, 6.45) is 6.85. The molecule has 2 saturated carbocycles. The summed E-state index contributed by atoms with van der Waals surface area (Å²) < 4.78 is 7.29. The number of esters is 1. The maximum atomic E-state index is 12.1. The van der Waals surface area contributed by atoms with Crippen molar-refractivity contribution in [1.82, 2.24) is 14.8 Å². The lowest BCUT2D eigenvalue weighted by Crippen LogP contribution is -2.45. The Hall–Kier alpha value is -1.39. The van der Waals surface area contributed by atoms with Crippen molar-refractivity contribution < 1.29 is 9.53 Å². The van der Waals surface area contributed by atoms with Crippen LogP contribution in [0.1, 0.15) is 50.9 Å². The van der Waals surface area contributed by atoms with Crippen LogP contribution in [-0.4, -0.2) is 27.3 Å². The minimum atomic E-state index is -0.505. The van der Waals surface area contributed by atoms with Crippen molar-refractivity contribution in [2.24, 2.45) is 0 Å². The van der Waals surface area contributed by atoms with Crippen LogP contribution in [-0.2, 0) is 14.9 Å². The molecule has 0 saturated heterocycles. The highest BCUT2D eigenvalue weighted by Crippen LogP contribution is 2.46. The zero-order valence-corrected chi connectivity index (χ0v) is 10.1. The number of carbonyl (C=O) groups is 1. The molecule has 92 valence electrons. The average molecular weight is 235 g/mol. The van der Waals surface area contributed by atoms with Crippen LogP contribution in [0.15, 0.2) is 6.33 Å². The number of nitrogens with zero attached hydrogens (tertiary/aromatic N) is 3. The molecule has 0 unspecified atom stereocenters. The van der Waals surface area contributed by atoms with Gasteiger partial charge < -0.3 is 9.30 Å². The normalized spacial score (nSPS) is 21.9. The van der Waals surface area contributed by atoms with Crippen LogP contribution in [0.2, 0.25) is 0 Å². The van der Waals surface area contributed by atoms with Crippen LogP contribution >= 0.6 is 0 Å². The zero-order valence-electron chi connectivity index (χ0n) is 10.1. The van der Waals surface area contributed by atoms with E-state index in [0.29, 0.717) is 12.6 Å². The van der Waals surface area contributed by atoms with Crippen LogP contribution < -0.4 is 0 Å². The molecular weight excluding hydrogens is 218 g/mol. The zero-order chi connectivity index (χ0) is 11.9. The molecule has 2 aliphatic rings. The van der Waals surface area contributed by atoms with Crippen molar-refractivity contribution in [3.8, 4) is 0 Å². The van der Waals surface area contributed by atoms with E-state index in [2.05, 4.69) is 14.8 Å². The van der Waals surface area contributed by atoms with E-state index in [1.165, 1.54) is 12.8 Å². The maximum Gasteiger partial charge on any atom is 0.319 e. The van der Waals surface area contributed by atoms with E-state index in [4.69, 9.17) is 4.74 Å². The quantitative estimate of drug-likeness (QED) is 0.744. The minimum absolute atomic E-state index is 0.124. The summed E-state index contributed by atoms with van der Waals surface area (Å²) in [5.74, 6) is 0.700. The molecule has 5 heteroatoms. The summed E-state index contributed by atoms with van der Waals surface area (Å²) in [7, 11) is 0. The summed E-state index contributed by atoms with van der Waals surface area (Å²) >= 11 is 0. The van der Waals surface area contributed by atoms with Gasteiger partial charge in [-0.15, -0.1) is 10.2 Å². The van der Waals surface area contributed by atoms with Crippen LogP contribution in [0.3, 0.4) is 0 Å². The van der Waals surface area contributed by atoms with Gasteiger partial charge in [0.2, 0.25) is 0 Å². The fraction of sp³-hybridized carbons (Fsp3) is 0.750. The molecule has 0 N–H and O–H groups in total. The Kier molecular flexibility index (Phi) is 2.42. The summed E-state index contributed by atoms with van der Waals surface area (Å²) in [5, 5.41) is 8.17. The van der Waals surface area contributed by atoms with Crippen molar-refractivity contribution in [3.05, 3.63) is 12.2 Å². The van der Waals surface area contributed by atoms with Crippen molar-refractivity contribution in [2.75, 3.05) is 6.61 Å². The number of hydrogen-bond donors (Lipinski definition) is 0. The van der Waals surface area contributed by atoms with Gasteiger partial charge in [0.1, 0.15) is 11.7 Å². The van der Waals surface area contributed by atoms with E-state index in [1.807, 2.05) is 6.92 Å². The molecule has 0 amide bonds. The first kappa shape index (κ1) is 10.7.